The second-order valence-corrected chi connectivity index (χ2v) is 7.76. The summed E-state index contributed by atoms with van der Waals surface area (Å²) >= 11 is 0. The summed E-state index contributed by atoms with van der Waals surface area (Å²) in [6.07, 6.45) is 13.1. The molecule has 5 nitrogen and oxygen atoms in total. The highest BCUT2D eigenvalue weighted by Crippen LogP contribution is 2.44. The molecule has 3 aromatic rings. The molecule has 0 saturated heterocycles. The summed E-state index contributed by atoms with van der Waals surface area (Å²) < 4.78 is 7.60. The van der Waals surface area contributed by atoms with Crippen molar-refractivity contribution in [1.29, 1.82) is 0 Å². The fourth-order valence-corrected chi connectivity index (χ4v) is 4.64. The van der Waals surface area contributed by atoms with Gasteiger partial charge < -0.3 is 9.30 Å². The number of aromatic nitrogens is 3. The Labute approximate surface area is 177 Å². The van der Waals surface area contributed by atoms with Gasteiger partial charge in [-0.3, -0.25) is 14.8 Å². The highest BCUT2D eigenvalue weighted by molar-refractivity contribution is 5.94. The number of hydrogen-bond acceptors (Lipinski definition) is 4. The number of esters is 1. The van der Waals surface area contributed by atoms with Gasteiger partial charge in [0.15, 0.2) is 0 Å². The summed E-state index contributed by atoms with van der Waals surface area (Å²) in [4.78, 5) is 20.7. The molecule has 1 fully saturated rings. The van der Waals surface area contributed by atoms with Crippen LogP contribution in [-0.4, -0.2) is 20.5 Å². The topological polar surface area (TPSA) is 57.0 Å². The van der Waals surface area contributed by atoms with Crippen molar-refractivity contribution >= 4 is 22.9 Å². The lowest BCUT2D eigenvalue weighted by molar-refractivity contribution is -0.131. The molecular formula is C25H27N3O2. The van der Waals surface area contributed by atoms with Crippen molar-refractivity contribution in [3.63, 3.8) is 0 Å². The Bertz CT molecular complexity index is 1110. The number of hydrogen-bond donors (Lipinski definition) is 0. The van der Waals surface area contributed by atoms with E-state index in [4.69, 9.17) is 9.72 Å². The number of rotatable bonds is 6. The lowest BCUT2D eigenvalue weighted by atomic mass is 9.82. The maximum Gasteiger partial charge on any atom is 0.308 e. The van der Waals surface area contributed by atoms with E-state index in [1.807, 2.05) is 18.2 Å². The van der Waals surface area contributed by atoms with Crippen molar-refractivity contribution in [2.24, 2.45) is 0 Å². The van der Waals surface area contributed by atoms with Crippen LogP contribution in [0.15, 0.2) is 49.8 Å². The van der Waals surface area contributed by atoms with E-state index in [2.05, 4.69) is 28.8 Å². The molecule has 0 radical (unpaired) electrons. The molecule has 1 aromatic carbocycles. The second-order valence-electron chi connectivity index (χ2n) is 7.76. The summed E-state index contributed by atoms with van der Waals surface area (Å²) in [5.74, 6) is 0.677. The summed E-state index contributed by atoms with van der Waals surface area (Å²) in [7, 11) is 0. The first-order chi connectivity index (χ1) is 14.6. The van der Waals surface area contributed by atoms with E-state index in [-0.39, 0.29) is 5.97 Å². The highest BCUT2D eigenvalue weighted by atomic mass is 16.5. The van der Waals surface area contributed by atoms with Gasteiger partial charge in [0.05, 0.1) is 16.9 Å². The van der Waals surface area contributed by atoms with Crippen molar-refractivity contribution < 1.29 is 9.53 Å². The number of benzene rings is 1. The Morgan fingerprint density at radius 2 is 1.97 bits per heavy atom. The third kappa shape index (κ3) is 3.67. The molecule has 4 rings (SSSR count). The van der Waals surface area contributed by atoms with Gasteiger partial charge in [-0.1, -0.05) is 31.9 Å². The summed E-state index contributed by atoms with van der Waals surface area (Å²) in [6, 6.07) is 5.90. The minimum absolute atomic E-state index is 0.327. The maximum atomic E-state index is 11.5. The molecule has 0 bridgehead atoms. The standard InChI is InChI=1S/C25H27N3O2/c1-4-15-28-22-16-19(30-17(3)29)11-12-20(22)23(18-9-7-6-8-10-18)25(28)24-21(5-2)26-13-14-27-24/h4-5,11-14,16,18H,1-2,6-10,15H2,3H3. The molecule has 0 spiro atoms. The van der Waals surface area contributed by atoms with E-state index < -0.39 is 0 Å². The third-order valence-corrected chi connectivity index (χ3v) is 5.81. The first-order valence-corrected chi connectivity index (χ1v) is 10.5. The molecule has 30 heavy (non-hydrogen) atoms. The van der Waals surface area contributed by atoms with Gasteiger partial charge in [0.1, 0.15) is 11.4 Å². The minimum atomic E-state index is -0.327. The highest BCUT2D eigenvalue weighted by Gasteiger charge is 2.28. The number of carbonyl (C=O) groups is 1. The third-order valence-electron chi connectivity index (χ3n) is 5.81. The normalized spacial score (nSPS) is 14.6. The minimum Gasteiger partial charge on any atom is -0.427 e. The predicted molar refractivity (Wildman–Crippen MR) is 120 cm³/mol. The molecule has 1 aliphatic rings. The molecule has 154 valence electrons. The second kappa shape index (κ2) is 8.66. The molecule has 2 heterocycles. The lowest BCUT2D eigenvalue weighted by Gasteiger charge is -2.23. The van der Waals surface area contributed by atoms with Crippen LogP contribution in [0.3, 0.4) is 0 Å². The lowest BCUT2D eigenvalue weighted by Crippen LogP contribution is -2.08. The molecule has 0 N–H and O–H groups in total. The Kier molecular flexibility index (Phi) is 5.79. The molecule has 2 aromatic heterocycles. The van der Waals surface area contributed by atoms with Gasteiger partial charge in [0.25, 0.3) is 0 Å². The summed E-state index contributed by atoms with van der Waals surface area (Å²) in [5, 5.41) is 1.18. The zero-order valence-corrected chi connectivity index (χ0v) is 17.4. The number of allylic oxidation sites excluding steroid dienone is 1. The van der Waals surface area contributed by atoms with Crippen molar-refractivity contribution in [2.75, 3.05) is 0 Å². The van der Waals surface area contributed by atoms with Gasteiger partial charge in [0.2, 0.25) is 0 Å². The van der Waals surface area contributed by atoms with E-state index >= 15 is 0 Å². The first-order valence-electron chi connectivity index (χ1n) is 10.5. The molecule has 0 unspecified atom stereocenters. The van der Waals surface area contributed by atoms with Crippen LogP contribution in [0.1, 0.15) is 56.2 Å². The van der Waals surface area contributed by atoms with Crippen molar-refractivity contribution in [3.05, 3.63) is 61.1 Å². The van der Waals surface area contributed by atoms with Gasteiger partial charge in [-0.05, 0) is 42.5 Å². The zero-order valence-electron chi connectivity index (χ0n) is 17.4. The van der Waals surface area contributed by atoms with E-state index in [0.717, 1.165) is 35.4 Å². The van der Waals surface area contributed by atoms with Crippen LogP contribution in [0, 0.1) is 0 Å². The van der Waals surface area contributed by atoms with Crippen molar-refractivity contribution in [1.82, 2.24) is 14.5 Å². The predicted octanol–water partition coefficient (Wildman–Crippen LogP) is 5.90. The Hall–Kier alpha value is -3.21. The van der Waals surface area contributed by atoms with Gasteiger partial charge in [0, 0.05) is 37.3 Å². The van der Waals surface area contributed by atoms with Gasteiger partial charge in [-0.15, -0.1) is 6.58 Å². The van der Waals surface area contributed by atoms with E-state index in [1.54, 1.807) is 18.5 Å². The zero-order chi connectivity index (χ0) is 21.1. The summed E-state index contributed by atoms with van der Waals surface area (Å²) in [6.45, 7) is 9.96. The average molecular weight is 402 g/mol. The van der Waals surface area contributed by atoms with Crippen LogP contribution in [-0.2, 0) is 11.3 Å². The van der Waals surface area contributed by atoms with Crippen LogP contribution < -0.4 is 4.74 Å². The largest absolute Gasteiger partial charge is 0.427 e. The van der Waals surface area contributed by atoms with Crippen LogP contribution >= 0.6 is 0 Å². The number of nitrogens with zero attached hydrogens (tertiary/aromatic N) is 3. The van der Waals surface area contributed by atoms with Gasteiger partial charge in [-0.25, -0.2) is 0 Å². The first kappa shape index (κ1) is 20.1. The molecule has 1 saturated carbocycles. The quantitative estimate of drug-likeness (QED) is 0.293. The summed E-state index contributed by atoms with van der Waals surface area (Å²) in [5.41, 5.74) is 5.00. The van der Waals surface area contributed by atoms with Gasteiger partial charge >= 0.3 is 5.97 Å². The average Bonchev–Trinajstić information content (AvgIpc) is 3.07. The van der Waals surface area contributed by atoms with E-state index in [9.17, 15) is 4.79 Å². The van der Waals surface area contributed by atoms with Crippen LogP contribution in [0.25, 0.3) is 28.4 Å². The molecule has 1 aliphatic carbocycles. The Morgan fingerprint density at radius 3 is 2.67 bits per heavy atom. The molecule has 5 heteroatoms. The smallest absolute Gasteiger partial charge is 0.308 e. The fraction of sp³-hybridized carbons (Fsp3) is 0.320. The van der Waals surface area contributed by atoms with Crippen molar-refractivity contribution in [2.45, 2.75) is 51.5 Å². The van der Waals surface area contributed by atoms with E-state index in [1.165, 1.54) is 37.1 Å². The van der Waals surface area contributed by atoms with E-state index in [0.29, 0.717) is 18.2 Å². The SMILES string of the molecule is C=CCn1c(-c2nccnc2C=C)c(C2CCCCC2)c2ccc(OC(C)=O)cc21. The fourth-order valence-electron chi connectivity index (χ4n) is 4.64. The monoisotopic (exact) mass is 401 g/mol. The molecular weight excluding hydrogens is 374 g/mol. The van der Waals surface area contributed by atoms with Crippen LogP contribution in [0.2, 0.25) is 0 Å². The Morgan fingerprint density at radius 1 is 1.20 bits per heavy atom. The molecule has 0 atom stereocenters. The Balaban J connectivity index is 2.05. The van der Waals surface area contributed by atoms with Crippen LogP contribution in [0.4, 0.5) is 0 Å². The molecule has 0 aliphatic heterocycles. The number of fused-ring (bicyclic) bond motifs is 1. The van der Waals surface area contributed by atoms with Crippen molar-refractivity contribution in [3.8, 4) is 17.1 Å². The molecule has 0 amide bonds. The maximum absolute atomic E-state index is 11.5. The number of carbonyl (C=O) groups excluding carboxylic acids is 1. The van der Waals surface area contributed by atoms with Crippen LogP contribution in [0.5, 0.6) is 5.75 Å². The number of ether oxygens (including phenoxy) is 1. The van der Waals surface area contributed by atoms with Gasteiger partial charge in [-0.2, -0.15) is 0 Å².